The Kier molecular flexibility index (Phi) is 2.36. The number of rotatable bonds is 1. The Morgan fingerprint density at radius 3 is 2.93 bits per heavy atom. The summed E-state index contributed by atoms with van der Waals surface area (Å²) in [5.74, 6) is 1.00. The largest absolute Gasteiger partial charge is 0.335 e. The van der Waals surface area contributed by atoms with Crippen LogP contribution >= 0.6 is 27.3 Å². The summed E-state index contributed by atoms with van der Waals surface area (Å²) in [6.45, 7) is 0.980. The average Bonchev–Trinajstić information content (AvgIpc) is 2.91. The quantitative estimate of drug-likeness (QED) is 0.776. The lowest BCUT2D eigenvalue weighted by Gasteiger charge is -2.26. The lowest BCUT2D eigenvalue weighted by Crippen LogP contribution is -2.37. The van der Waals surface area contributed by atoms with E-state index in [1.807, 2.05) is 11.4 Å². The van der Waals surface area contributed by atoms with Crippen LogP contribution in [0.25, 0.3) is 0 Å². The van der Waals surface area contributed by atoms with Gasteiger partial charge in [-0.15, -0.1) is 11.3 Å². The van der Waals surface area contributed by atoms with Gasteiger partial charge in [0.05, 0.1) is 0 Å². The number of amides is 1. The Labute approximate surface area is 101 Å². The number of carbonyl (C=O) groups excluding carboxylic acids is 1. The van der Waals surface area contributed by atoms with Gasteiger partial charge in [0.1, 0.15) is 4.88 Å². The van der Waals surface area contributed by atoms with Crippen molar-refractivity contribution in [1.82, 2.24) is 4.90 Å². The molecule has 0 N–H and O–H groups in total. The molecule has 0 aromatic carbocycles. The SMILES string of the molecule is O=C(c1sccc1Br)N1CC2CCC1C2. The van der Waals surface area contributed by atoms with Gasteiger partial charge in [-0.05, 0) is 52.6 Å². The van der Waals surface area contributed by atoms with Gasteiger partial charge < -0.3 is 4.90 Å². The summed E-state index contributed by atoms with van der Waals surface area (Å²) >= 11 is 4.96. The van der Waals surface area contributed by atoms with E-state index in [-0.39, 0.29) is 5.91 Å². The molecule has 1 saturated heterocycles. The molecular formula is C11H12BrNOS. The van der Waals surface area contributed by atoms with E-state index in [9.17, 15) is 4.79 Å². The minimum absolute atomic E-state index is 0.226. The highest BCUT2D eigenvalue weighted by atomic mass is 79.9. The number of thiophene rings is 1. The van der Waals surface area contributed by atoms with Crippen LogP contribution < -0.4 is 0 Å². The molecule has 1 saturated carbocycles. The molecule has 2 bridgehead atoms. The summed E-state index contributed by atoms with van der Waals surface area (Å²) in [7, 11) is 0. The van der Waals surface area contributed by atoms with E-state index >= 15 is 0 Å². The number of hydrogen-bond donors (Lipinski definition) is 0. The first kappa shape index (κ1) is 9.85. The Morgan fingerprint density at radius 2 is 2.40 bits per heavy atom. The van der Waals surface area contributed by atoms with Gasteiger partial charge in [-0.25, -0.2) is 0 Å². The zero-order chi connectivity index (χ0) is 10.4. The van der Waals surface area contributed by atoms with Crippen LogP contribution in [0.15, 0.2) is 15.9 Å². The maximum atomic E-state index is 12.2. The lowest BCUT2D eigenvalue weighted by atomic mass is 10.1. The van der Waals surface area contributed by atoms with Gasteiger partial charge in [-0.3, -0.25) is 4.79 Å². The van der Waals surface area contributed by atoms with Crippen LogP contribution in [0.4, 0.5) is 0 Å². The Bertz CT molecular complexity index is 403. The molecule has 4 heteroatoms. The predicted molar refractivity (Wildman–Crippen MR) is 64.2 cm³/mol. The van der Waals surface area contributed by atoms with Crippen molar-refractivity contribution in [3.8, 4) is 0 Å². The van der Waals surface area contributed by atoms with Crippen molar-refractivity contribution in [1.29, 1.82) is 0 Å². The smallest absolute Gasteiger partial charge is 0.265 e. The van der Waals surface area contributed by atoms with Crippen LogP contribution in [0.2, 0.25) is 0 Å². The summed E-state index contributed by atoms with van der Waals surface area (Å²) in [6, 6.07) is 2.48. The Hall–Kier alpha value is -0.350. The highest BCUT2D eigenvalue weighted by Crippen LogP contribution is 2.39. The van der Waals surface area contributed by atoms with E-state index in [1.54, 1.807) is 0 Å². The normalized spacial score (nSPS) is 28.7. The summed E-state index contributed by atoms with van der Waals surface area (Å²) in [4.78, 5) is 15.2. The van der Waals surface area contributed by atoms with Crippen molar-refractivity contribution in [2.75, 3.05) is 6.54 Å². The zero-order valence-corrected chi connectivity index (χ0v) is 10.7. The van der Waals surface area contributed by atoms with Crippen molar-refractivity contribution in [2.45, 2.75) is 25.3 Å². The maximum absolute atomic E-state index is 12.2. The van der Waals surface area contributed by atoms with Crippen molar-refractivity contribution < 1.29 is 4.79 Å². The van der Waals surface area contributed by atoms with E-state index in [2.05, 4.69) is 20.8 Å². The van der Waals surface area contributed by atoms with Gasteiger partial charge in [0.2, 0.25) is 0 Å². The second kappa shape index (κ2) is 3.59. The first-order chi connectivity index (χ1) is 7.25. The summed E-state index contributed by atoms with van der Waals surface area (Å²) in [6.07, 6.45) is 3.76. The molecule has 3 rings (SSSR count). The standard InChI is InChI=1S/C11H12BrNOS/c12-9-3-4-15-10(9)11(14)13-6-7-1-2-8(13)5-7/h3-4,7-8H,1-2,5-6H2. The van der Waals surface area contributed by atoms with Crippen molar-refractivity contribution in [3.05, 3.63) is 20.8 Å². The molecule has 15 heavy (non-hydrogen) atoms. The Balaban J connectivity index is 1.84. The van der Waals surface area contributed by atoms with Crippen molar-refractivity contribution in [2.24, 2.45) is 5.92 Å². The minimum Gasteiger partial charge on any atom is -0.335 e. The van der Waals surface area contributed by atoms with Gasteiger partial charge >= 0.3 is 0 Å². The number of hydrogen-bond acceptors (Lipinski definition) is 2. The van der Waals surface area contributed by atoms with Crippen molar-refractivity contribution >= 4 is 33.2 Å². The van der Waals surface area contributed by atoms with Crippen molar-refractivity contribution in [3.63, 3.8) is 0 Å². The van der Waals surface area contributed by atoms with Gasteiger partial charge in [0, 0.05) is 17.1 Å². The predicted octanol–water partition coefficient (Wildman–Crippen LogP) is 3.14. The van der Waals surface area contributed by atoms with Gasteiger partial charge in [0.25, 0.3) is 5.91 Å². The van der Waals surface area contributed by atoms with E-state index in [1.165, 1.54) is 30.6 Å². The minimum atomic E-state index is 0.226. The van der Waals surface area contributed by atoms with Crippen LogP contribution in [0, 0.1) is 5.92 Å². The third-order valence-corrected chi connectivity index (χ3v) is 5.31. The van der Waals surface area contributed by atoms with E-state index in [4.69, 9.17) is 0 Å². The molecule has 2 nitrogen and oxygen atoms in total. The molecule has 2 heterocycles. The second-order valence-electron chi connectivity index (χ2n) is 4.39. The monoisotopic (exact) mass is 285 g/mol. The van der Waals surface area contributed by atoms with Gasteiger partial charge in [0.15, 0.2) is 0 Å². The number of halogens is 1. The molecule has 80 valence electrons. The molecule has 2 atom stereocenters. The first-order valence-corrected chi connectivity index (χ1v) is 6.97. The highest BCUT2D eigenvalue weighted by molar-refractivity contribution is 9.10. The van der Waals surface area contributed by atoms with E-state index in [0.29, 0.717) is 6.04 Å². The molecule has 1 aliphatic heterocycles. The van der Waals surface area contributed by atoms with Crippen LogP contribution in [0.1, 0.15) is 28.9 Å². The number of carbonyl (C=O) groups is 1. The molecule has 0 spiro atoms. The molecule has 1 aromatic rings. The second-order valence-corrected chi connectivity index (χ2v) is 6.16. The fourth-order valence-electron chi connectivity index (χ4n) is 2.75. The summed E-state index contributed by atoms with van der Waals surface area (Å²) < 4.78 is 0.945. The number of nitrogens with zero attached hydrogens (tertiary/aromatic N) is 1. The fraction of sp³-hybridized carbons (Fsp3) is 0.545. The third kappa shape index (κ3) is 1.54. The Morgan fingerprint density at radius 1 is 1.53 bits per heavy atom. The molecule has 2 aliphatic rings. The number of fused-ring (bicyclic) bond motifs is 2. The van der Waals surface area contributed by atoms with E-state index < -0.39 is 0 Å². The molecule has 1 amide bonds. The van der Waals surface area contributed by atoms with Gasteiger partial charge in [-0.1, -0.05) is 0 Å². The molecule has 0 radical (unpaired) electrons. The topological polar surface area (TPSA) is 20.3 Å². The number of piperidine rings is 1. The summed E-state index contributed by atoms with van der Waals surface area (Å²) in [5.41, 5.74) is 0. The third-order valence-electron chi connectivity index (χ3n) is 3.48. The molecule has 1 aliphatic carbocycles. The molecule has 1 aromatic heterocycles. The molecule has 2 unspecified atom stereocenters. The lowest BCUT2D eigenvalue weighted by molar-refractivity contribution is 0.0708. The van der Waals surface area contributed by atoms with Crippen LogP contribution in [0.3, 0.4) is 0 Å². The van der Waals surface area contributed by atoms with Crippen LogP contribution in [-0.4, -0.2) is 23.4 Å². The highest BCUT2D eigenvalue weighted by Gasteiger charge is 2.40. The van der Waals surface area contributed by atoms with Gasteiger partial charge in [-0.2, -0.15) is 0 Å². The molecular weight excluding hydrogens is 274 g/mol. The molecule has 2 fully saturated rings. The first-order valence-electron chi connectivity index (χ1n) is 5.29. The van der Waals surface area contributed by atoms with Crippen LogP contribution in [-0.2, 0) is 0 Å². The van der Waals surface area contributed by atoms with E-state index in [0.717, 1.165) is 21.8 Å². The van der Waals surface area contributed by atoms with Crippen LogP contribution in [0.5, 0.6) is 0 Å². The number of likely N-dealkylation sites (tertiary alicyclic amines) is 1. The fourth-order valence-corrected chi connectivity index (χ4v) is 4.25. The summed E-state index contributed by atoms with van der Waals surface area (Å²) in [5, 5.41) is 1.96. The zero-order valence-electron chi connectivity index (χ0n) is 8.28. The maximum Gasteiger partial charge on any atom is 0.265 e. The average molecular weight is 286 g/mol.